The third-order valence-corrected chi connectivity index (χ3v) is 4.54. The molecule has 0 fully saturated rings. The Bertz CT molecular complexity index is 983. The number of rotatable bonds is 7. The van der Waals surface area contributed by atoms with E-state index in [1.54, 1.807) is 6.92 Å². The fourth-order valence-electron chi connectivity index (χ4n) is 3.15. The topological polar surface area (TPSA) is 79.7 Å². The van der Waals surface area contributed by atoms with Crippen LogP contribution in [0.15, 0.2) is 54.6 Å². The number of para-hydroxylation sites is 1. The number of ether oxygens (including phenoxy) is 1. The van der Waals surface area contributed by atoms with Crippen LogP contribution >= 0.6 is 0 Å². The number of carbonyl (C=O) groups is 1. The van der Waals surface area contributed by atoms with Crippen LogP contribution in [0.25, 0.3) is 0 Å². The van der Waals surface area contributed by atoms with Gasteiger partial charge in [-0.15, -0.1) is 0 Å². The van der Waals surface area contributed by atoms with Gasteiger partial charge in [-0.3, -0.25) is 4.98 Å². The van der Waals surface area contributed by atoms with Crippen LogP contribution < -0.4 is 4.74 Å². The number of aryl methyl sites for hydroxylation is 1. The summed E-state index contributed by atoms with van der Waals surface area (Å²) in [6.45, 7) is 3.65. The quantitative estimate of drug-likeness (QED) is 0.597. The first-order chi connectivity index (χ1) is 13.5. The normalized spacial score (nSPS) is 10.6. The van der Waals surface area contributed by atoms with Crippen molar-refractivity contribution in [2.45, 2.75) is 33.1 Å². The van der Waals surface area contributed by atoms with Gasteiger partial charge in [-0.25, -0.2) is 4.79 Å². The number of aromatic carboxylic acids is 1. The van der Waals surface area contributed by atoms with E-state index in [4.69, 9.17) is 4.74 Å². The molecule has 0 radical (unpaired) electrons. The highest BCUT2D eigenvalue weighted by molar-refractivity contribution is 5.93. The highest BCUT2D eigenvalue weighted by Gasteiger charge is 2.21. The number of carboxylic acid groups (broad SMARTS) is 1. The van der Waals surface area contributed by atoms with Gasteiger partial charge in [0, 0.05) is 12.1 Å². The van der Waals surface area contributed by atoms with Crippen LogP contribution in [0.2, 0.25) is 0 Å². The predicted molar refractivity (Wildman–Crippen MR) is 107 cm³/mol. The molecule has 28 heavy (non-hydrogen) atoms. The van der Waals surface area contributed by atoms with Gasteiger partial charge >= 0.3 is 5.97 Å². The lowest BCUT2D eigenvalue weighted by atomic mass is 9.99. The van der Waals surface area contributed by atoms with Crippen molar-refractivity contribution < 1.29 is 19.7 Å². The minimum absolute atomic E-state index is 0.0647. The lowest BCUT2D eigenvalue weighted by Crippen LogP contribution is -2.09. The number of benzene rings is 2. The first-order valence-electron chi connectivity index (χ1n) is 9.26. The number of nitrogens with zero attached hydrogens (tertiary/aromatic N) is 1. The zero-order valence-corrected chi connectivity index (χ0v) is 16.0. The Hall–Kier alpha value is -3.34. The zero-order valence-electron chi connectivity index (χ0n) is 16.0. The van der Waals surface area contributed by atoms with E-state index >= 15 is 0 Å². The molecule has 3 aromatic rings. The number of aromatic nitrogens is 1. The maximum absolute atomic E-state index is 11.7. The van der Waals surface area contributed by atoms with Gasteiger partial charge in [0.2, 0.25) is 0 Å². The van der Waals surface area contributed by atoms with Crippen molar-refractivity contribution in [2.24, 2.45) is 0 Å². The third-order valence-electron chi connectivity index (χ3n) is 4.54. The number of hydrogen-bond donors (Lipinski definition) is 2. The van der Waals surface area contributed by atoms with Crippen LogP contribution in [0.1, 0.15) is 46.2 Å². The highest BCUT2D eigenvalue weighted by Crippen LogP contribution is 2.29. The van der Waals surface area contributed by atoms with E-state index in [-0.39, 0.29) is 11.3 Å². The van der Waals surface area contributed by atoms with Gasteiger partial charge in [0.1, 0.15) is 17.1 Å². The van der Waals surface area contributed by atoms with Crippen LogP contribution in [0.3, 0.4) is 0 Å². The smallest absolute Gasteiger partial charge is 0.339 e. The van der Waals surface area contributed by atoms with Gasteiger partial charge in [-0.2, -0.15) is 0 Å². The standard InChI is InChI=1S/C23H23NO4/c1-3-8-19-22(25)21(23(26)27)15(2)20(24-19)14-16-9-7-12-18(13-16)28-17-10-5-4-6-11-17/h4-7,9-13,25H,3,8,14H2,1-2H3,(H,26,27). The minimum Gasteiger partial charge on any atom is -0.505 e. The Kier molecular flexibility index (Phi) is 5.94. The van der Waals surface area contributed by atoms with Gasteiger partial charge in [-0.1, -0.05) is 43.7 Å². The molecule has 0 saturated carbocycles. The summed E-state index contributed by atoms with van der Waals surface area (Å²) in [6.07, 6.45) is 1.74. The van der Waals surface area contributed by atoms with E-state index in [2.05, 4.69) is 4.98 Å². The summed E-state index contributed by atoms with van der Waals surface area (Å²) in [5, 5.41) is 19.8. The fraction of sp³-hybridized carbons (Fsp3) is 0.217. The average Bonchev–Trinajstić information content (AvgIpc) is 2.67. The molecular weight excluding hydrogens is 354 g/mol. The molecule has 0 aliphatic rings. The van der Waals surface area contributed by atoms with E-state index in [0.29, 0.717) is 35.5 Å². The van der Waals surface area contributed by atoms with Crippen LogP contribution in [-0.2, 0) is 12.8 Å². The lowest BCUT2D eigenvalue weighted by Gasteiger charge is -2.14. The summed E-state index contributed by atoms with van der Waals surface area (Å²) in [4.78, 5) is 16.2. The first-order valence-corrected chi connectivity index (χ1v) is 9.26. The van der Waals surface area contributed by atoms with E-state index in [9.17, 15) is 15.0 Å². The van der Waals surface area contributed by atoms with E-state index in [1.165, 1.54) is 0 Å². The molecule has 0 spiro atoms. The first kappa shape index (κ1) is 19.4. The second kappa shape index (κ2) is 8.57. The summed E-state index contributed by atoms with van der Waals surface area (Å²) >= 11 is 0. The number of hydrogen-bond acceptors (Lipinski definition) is 4. The molecule has 144 valence electrons. The molecule has 1 aromatic heterocycles. The Morgan fingerprint density at radius 2 is 1.75 bits per heavy atom. The van der Waals surface area contributed by atoms with Gasteiger partial charge < -0.3 is 14.9 Å². The Labute approximate surface area is 164 Å². The molecule has 2 N–H and O–H groups in total. The van der Waals surface area contributed by atoms with Crippen LogP contribution in [-0.4, -0.2) is 21.2 Å². The average molecular weight is 377 g/mol. The highest BCUT2D eigenvalue weighted by atomic mass is 16.5. The van der Waals surface area contributed by atoms with E-state index in [1.807, 2.05) is 61.5 Å². The summed E-state index contributed by atoms with van der Waals surface area (Å²) in [7, 11) is 0. The van der Waals surface area contributed by atoms with Crippen molar-refractivity contribution >= 4 is 5.97 Å². The molecule has 0 aliphatic heterocycles. The van der Waals surface area contributed by atoms with Crippen LogP contribution in [0, 0.1) is 6.92 Å². The second-order valence-corrected chi connectivity index (χ2v) is 6.65. The molecule has 3 rings (SSSR count). The molecule has 0 unspecified atom stereocenters. The summed E-state index contributed by atoms with van der Waals surface area (Å²) < 4.78 is 5.88. The molecule has 0 bridgehead atoms. The van der Waals surface area contributed by atoms with Crippen molar-refractivity contribution in [2.75, 3.05) is 0 Å². The van der Waals surface area contributed by atoms with Gasteiger partial charge in [-0.05, 0) is 48.7 Å². The Morgan fingerprint density at radius 1 is 1.04 bits per heavy atom. The minimum atomic E-state index is -1.14. The van der Waals surface area contributed by atoms with Gasteiger partial charge in [0.05, 0.1) is 5.69 Å². The molecule has 5 nitrogen and oxygen atoms in total. The van der Waals surface area contributed by atoms with E-state index in [0.717, 1.165) is 17.7 Å². The molecular formula is C23H23NO4. The molecule has 0 amide bonds. The Morgan fingerprint density at radius 3 is 2.43 bits per heavy atom. The summed E-state index contributed by atoms with van der Waals surface area (Å²) in [6, 6.07) is 17.1. The van der Waals surface area contributed by atoms with Crippen molar-refractivity contribution in [3.05, 3.63) is 82.7 Å². The number of pyridine rings is 1. The largest absolute Gasteiger partial charge is 0.505 e. The lowest BCUT2D eigenvalue weighted by molar-refractivity contribution is 0.0692. The Balaban J connectivity index is 1.93. The van der Waals surface area contributed by atoms with Crippen molar-refractivity contribution in [1.29, 1.82) is 0 Å². The molecule has 2 aromatic carbocycles. The predicted octanol–water partition coefficient (Wildman–Crippen LogP) is 5.13. The van der Waals surface area contributed by atoms with Crippen molar-refractivity contribution in [3.8, 4) is 17.2 Å². The van der Waals surface area contributed by atoms with Gasteiger partial charge in [0.15, 0.2) is 5.75 Å². The molecule has 1 heterocycles. The van der Waals surface area contributed by atoms with Gasteiger partial charge in [0.25, 0.3) is 0 Å². The van der Waals surface area contributed by atoms with Crippen LogP contribution in [0.5, 0.6) is 17.2 Å². The number of carboxylic acids is 1. The fourth-order valence-corrected chi connectivity index (χ4v) is 3.15. The number of aromatic hydroxyl groups is 1. The third kappa shape index (κ3) is 4.31. The van der Waals surface area contributed by atoms with E-state index < -0.39 is 5.97 Å². The second-order valence-electron chi connectivity index (χ2n) is 6.65. The summed E-state index contributed by atoms with van der Waals surface area (Å²) in [5.41, 5.74) is 2.45. The maximum Gasteiger partial charge on any atom is 0.339 e. The monoisotopic (exact) mass is 377 g/mol. The molecule has 0 saturated heterocycles. The zero-order chi connectivity index (χ0) is 20.1. The van der Waals surface area contributed by atoms with Crippen LogP contribution in [0.4, 0.5) is 0 Å². The molecule has 0 aliphatic carbocycles. The maximum atomic E-state index is 11.7. The molecule has 5 heteroatoms. The molecule has 0 atom stereocenters. The van der Waals surface area contributed by atoms with Crippen molar-refractivity contribution in [3.63, 3.8) is 0 Å². The summed E-state index contributed by atoms with van der Waals surface area (Å²) in [5.74, 6) is 0.0817. The SMILES string of the molecule is CCCc1nc(Cc2cccc(Oc3ccccc3)c2)c(C)c(C(=O)O)c1O. The van der Waals surface area contributed by atoms with Crippen molar-refractivity contribution in [1.82, 2.24) is 4.98 Å².